The van der Waals surface area contributed by atoms with Crippen molar-refractivity contribution in [3.63, 3.8) is 0 Å². The summed E-state index contributed by atoms with van der Waals surface area (Å²) in [6.07, 6.45) is 1.58. The molecule has 32 heavy (non-hydrogen) atoms. The molecule has 166 valence electrons. The first-order valence-corrected chi connectivity index (χ1v) is 11.2. The average Bonchev–Trinajstić information content (AvgIpc) is 3.26. The van der Waals surface area contributed by atoms with E-state index in [4.69, 9.17) is 0 Å². The molecule has 2 amide bonds. The van der Waals surface area contributed by atoms with Crippen molar-refractivity contribution >= 4 is 35.0 Å². The van der Waals surface area contributed by atoms with E-state index in [-0.39, 0.29) is 23.4 Å². The van der Waals surface area contributed by atoms with Crippen molar-refractivity contribution in [1.29, 1.82) is 0 Å². The lowest BCUT2D eigenvalue weighted by Gasteiger charge is -2.36. The molecular formula is C22H23FN6O2S. The van der Waals surface area contributed by atoms with Crippen LogP contribution in [0.1, 0.15) is 6.92 Å². The third kappa shape index (κ3) is 5.08. The number of halogens is 1. The number of anilines is 2. The van der Waals surface area contributed by atoms with Gasteiger partial charge in [0.1, 0.15) is 12.1 Å². The summed E-state index contributed by atoms with van der Waals surface area (Å²) in [5.74, 6) is -0.167. The van der Waals surface area contributed by atoms with Gasteiger partial charge in [-0.1, -0.05) is 30.0 Å². The van der Waals surface area contributed by atoms with Gasteiger partial charge >= 0.3 is 0 Å². The molecule has 0 bridgehead atoms. The quantitative estimate of drug-likeness (QED) is 0.577. The van der Waals surface area contributed by atoms with Crippen molar-refractivity contribution in [1.82, 2.24) is 19.7 Å². The van der Waals surface area contributed by atoms with E-state index < -0.39 is 0 Å². The van der Waals surface area contributed by atoms with Crippen LogP contribution in [0.3, 0.4) is 0 Å². The Hall–Kier alpha value is -3.40. The van der Waals surface area contributed by atoms with E-state index in [0.29, 0.717) is 42.7 Å². The third-order valence-corrected chi connectivity index (χ3v) is 6.04. The Kier molecular flexibility index (Phi) is 6.69. The van der Waals surface area contributed by atoms with Crippen LogP contribution in [0.4, 0.5) is 15.8 Å². The molecule has 1 saturated heterocycles. The molecule has 1 aliphatic rings. The molecule has 0 saturated carbocycles. The lowest BCUT2D eigenvalue weighted by atomic mass is 10.2. The largest absolute Gasteiger partial charge is 0.366 e. The van der Waals surface area contributed by atoms with Crippen LogP contribution in [0.5, 0.6) is 0 Å². The summed E-state index contributed by atoms with van der Waals surface area (Å²) in [6.45, 7) is 3.71. The van der Waals surface area contributed by atoms with Crippen molar-refractivity contribution in [2.45, 2.75) is 12.1 Å². The van der Waals surface area contributed by atoms with E-state index in [9.17, 15) is 14.0 Å². The van der Waals surface area contributed by atoms with Gasteiger partial charge in [0.15, 0.2) is 5.16 Å². The van der Waals surface area contributed by atoms with Gasteiger partial charge < -0.3 is 15.1 Å². The van der Waals surface area contributed by atoms with Crippen LogP contribution in [0, 0.1) is 5.82 Å². The van der Waals surface area contributed by atoms with E-state index >= 15 is 0 Å². The maximum Gasteiger partial charge on any atom is 0.233 e. The number of thioether (sulfide) groups is 1. The summed E-state index contributed by atoms with van der Waals surface area (Å²) in [7, 11) is 0. The van der Waals surface area contributed by atoms with Crippen LogP contribution >= 0.6 is 11.8 Å². The normalized spacial score (nSPS) is 13.8. The van der Waals surface area contributed by atoms with Crippen molar-refractivity contribution in [3.8, 4) is 5.69 Å². The molecule has 0 atom stereocenters. The molecule has 1 fully saturated rings. The average molecular weight is 455 g/mol. The number of hydrogen-bond donors (Lipinski definition) is 1. The number of rotatable bonds is 6. The van der Waals surface area contributed by atoms with Crippen LogP contribution in [-0.4, -0.2) is 63.4 Å². The molecule has 10 heteroatoms. The molecule has 1 aromatic heterocycles. The van der Waals surface area contributed by atoms with E-state index in [1.54, 1.807) is 34.0 Å². The fraction of sp³-hybridized carbons (Fsp3) is 0.273. The summed E-state index contributed by atoms with van der Waals surface area (Å²) in [6, 6.07) is 14.0. The lowest BCUT2D eigenvalue weighted by Crippen LogP contribution is -2.49. The zero-order valence-corrected chi connectivity index (χ0v) is 18.4. The number of piperazine rings is 1. The maximum atomic E-state index is 14.0. The van der Waals surface area contributed by atoms with E-state index in [1.807, 2.05) is 29.2 Å². The van der Waals surface area contributed by atoms with Crippen molar-refractivity contribution in [3.05, 3.63) is 60.7 Å². The predicted molar refractivity (Wildman–Crippen MR) is 122 cm³/mol. The van der Waals surface area contributed by atoms with Gasteiger partial charge in [0.05, 0.1) is 17.1 Å². The van der Waals surface area contributed by atoms with Crippen molar-refractivity contribution in [2.24, 2.45) is 0 Å². The number of carbonyl (C=O) groups is 2. The number of aromatic nitrogens is 3. The topological polar surface area (TPSA) is 83.4 Å². The van der Waals surface area contributed by atoms with E-state index in [2.05, 4.69) is 15.5 Å². The zero-order valence-electron chi connectivity index (χ0n) is 17.6. The molecule has 2 heterocycles. The molecule has 0 unspecified atom stereocenters. The van der Waals surface area contributed by atoms with Gasteiger partial charge in [-0.05, 0) is 30.3 Å². The minimum Gasteiger partial charge on any atom is -0.366 e. The number of hydrogen-bond acceptors (Lipinski definition) is 6. The Morgan fingerprint density at radius 3 is 2.62 bits per heavy atom. The highest BCUT2D eigenvalue weighted by Gasteiger charge is 2.23. The fourth-order valence-corrected chi connectivity index (χ4v) is 4.39. The maximum absolute atomic E-state index is 14.0. The number of amides is 2. The standard InChI is InChI=1S/C22H23FN6O2S/c1-16(30)25-17-5-4-6-18(13-17)29-15-24-26-22(29)32-14-21(31)28-11-9-27(10-12-28)20-8-3-2-7-19(20)23/h2-8,13,15H,9-12,14H2,1H3,(H,25,30). The second-order valence-corrected chi connectivity index (χ2v) is 8.27. The number of benzene rings is 2. The second-order valence-electron chi connectivity index (χ2n) is 7.32. The van der Waals surface area contributed by atoms with Crippen LogP contribution in [0.15, 0.2) is 60.0 Å². The van der Waals surface area contributed by atoms with Crippen LogP contribution in [-0.2, 0) is 9.59 Å². The number of nitrogens with one attached hydrogen (secondary N) is 1. The minimum atomic E-state index is -0.246. The van der Waals surface area contributed by atoms with Gasteiger partial charge in [-0.15, -0.1) is 10.2 Å². The number of para-hydroxylation sites is 1. The van der Waals surface area contributed by atoms with Gasteiger partial charge in [0, 0.05) is 38.8 Å². The smallest absolute Gasteiger partial charge is 0.233 e. The Labute approximate surface area is 189 Å². The molecular weight excluding hydrogens is 431 g/mol. The fourth-order valence-electron chi connectivity index (χ4n) is 3.56. The molecule has 4 rings (SSSR count). The zero-order chi connectivity index (χ0) is 22.5. The molecule has 0 aliphatic carbocycles. The predicted octanol–water partition coefficient (Wildman–Crippen LogP) is 2.81. The molecule has 8 nitrogen and oxygen atoms in total. The molecule has 2 aromatic carbocycles. The third-order valence-electron chi connectivity index (χ3n) is 5.11. The Bertz CT molecular complexity index is 1110. The monoisotopic (exact) mass is 454 g/mol. The van der Waals surface area contributed by atoms with Crippen LogP contribution in [0.2, 0.25) is 0 Å². The summed E-state index contributed by atoms with van der Waals surface area (Å²) in [5.41, 5.74) is 2.03. The number of carbonyl (C=O) groups excluding carboxylic acids is 2. The summed E-state index contributed by atoms with van der Waals surface area (Å²) in [5, 5.41) is 11.4. The molecule has 3 aromatic rings. The van der Waals surface area contributed by atoms with Crippen molar-refractivity contribution in [2.75, 3.05) is 42.1 Å². The number of nitrogens with zero attached hydrogens (tertiary/aromatic N) is 5. The summed E-state index contributed by atoms with van der Waals surface area (Å²) >= 11 is 1.31. The second kappa shape index (κ2) is 9.82. The lowest BCUT2D eigenvalue weighted by molar-refractivity contribution is -0.128. The van der Waals surface area contributed by atoms with E-state index in [0.717, 1.165) is 5.69 Å². The highest BCUT2D eigenvalue weighted by atomic mass is 32.2. The summed E-state index contributed by atoms with van der Waals surface area (Å²) < 4.78 is 15.8. The Morgan fingerprint density at radius 1 is 1.09 bits per heavy atom. The van der Waals surface area contributed by atoms with Crippen LogP contribution in [0.25, 0.3) is 5.69 Å². The van der Waals surface area contributed by atoms with E-state index in [1.165, 1.54) is 24.8 Å². The highest BCUT2D eigenvalue weighted by molar-refractivity contribution is 7.99. The molecule has 0 spiro atoms. The van der Waals surface area contributed by atoms with Gasteiger partial charge in [-0.2, -0.15) is 0 Å². The van der Waals surface area contributed by atoms with Gasteiger partial charge in [-0.3, -0.25) is 14.2 Å². The Morgan fingerprint density at radius 2 is 1.88 bits per heavy atom. The first kappa shape index (κ1) is 21.8. The molecule has 0 radical (unpaired) electrons. The first-order valence-electron chi connectivity index (χ1n) is 10.2. The Balaban J connectivity index is 1.34. The van der Waals surface area contributed by atoms with Crippen molar-refractivity contribution < 1.29 is 14.0 Å². The summed E-state index contributed by atoms with van der Waals surface area (Å²) in [4.78, 5) is 27.8. The molecule has 1 aliphatic heterocycles. The minimum absolute atomic E-state index is 0.00438. The SMILES string of the molecule is CC(=O)Nc1cccc(-n2cnnc2SCC(=O)N2CCN(c3ccccc3F)CC2)c1. The first-order chi connectivity index (χ1) is 15.5. The highest BCUT2D eigenvalue weighted by Crippen LogP contribution is 2.23. The van der Waals surface area contributed by atoms with Crippen LogP contribution < -0.4 is 10.2 Å². The van der Waals surface area contributed by atoms with Gasteiger partial charge in [0.25, 0.3) is 0 Å². The van der Waals surface area contributed by atoms with Gasteiger partial charge in [-0.25, -0.2) is 4.39 Å². The molecule has 1 N–H and O–H groups in total. The van der Waals surface area contributed by atoms with Gasteiger partial charge in [0.2, 0.25) is 11.8 Å².